The predicted molar refractivity (Wildman–Crippen MR) is 45.9 cm³/mol. The standard InChI is InChI=1S/C6H9ClO4.Na.H/c7-4(6(10)11)2-1-3-5(8)9;;/h4H,1-3H2,(H,8,9)(H,10,11);;. The molecule has 0 rings (SSSR count). The number of alkyl halides is 1. The molecule has 0 fully saturated rings. The van der Waals surface area contributed by atoms with Gasteiger partial charge in [0.05, 0.1) is 0 Å². The first-order valence-electron chi connectivity index (χ1n) is 3.12. The summed E-state index contributed by atoms with van der Waals surface area (Å²) in [5.41, 5.74) is 0. The summed E-state index contributed by atoms with van der Waals surface area (Å²) in [5, 5.41) is 15.5. The Morgan fingerprint density at radius 2 is 1.83 bits per heavy atom. The molecule has 0 saturated carbocycles. The zero-order valence-corrected chi connectivity index (χ0v) is 6.54. The molecule has 1 atom stereocenters. The summed E-state index contributed by atoms with van der Waals surface area (Å²) < 4.78 is 0. The summed E-state index contributed by atoms with van der Waals surface area (Å²) in [6.07, 6.45) is 0.468. The molecule has 0 bridgehead atoms. The number of hydrogen-bond donors (Lipinski definition) is 2. The molecule has 0 amide bonds. The molecular weight excluding hydrogens is 195 g/mol. The fourth-order valence-electron chi connectivity index (χ4n) is 0.556. The summed E-state index contributed by atoms with van der Waals surface area (Å²) in [7, 11) is 0. The number of halogens is 1. The molecule has 0 aromatic carbocycles. The van der Waals surface area contributed by atoms with Gasteiger partial charge in [-0.2, -0.15) is 0 Å². The maximum atomic E-state index is 10.1. The van der Waals surface area contributed by atoms with Gasteiger partial charge in [0, 0.05) is 6.42 Å². The van der Waals surface area contributed by atoms with Crippen molar-refractivity contribution in [3.8, 4) is 0 Å². The Hall–Kier alpha value is 0.230. The van der Waals surface area contributed by atoms with Gasteiger partial charge in [0.1, 0.15) is 5.38 Å². The van der Waals surface area contributed by atoms with Crippen LogP contribution < -0.4 is 0 Å². The number of carbonyl (C=O) groups is 2. The Balaban J connectivity index is 0. The fraction of sp³-hybridized carbons (Fsp3) is 0.667. The van der Waals surface area contributed by atoms with Gasteiger partial charge in [-0.3, -0.25) is 9.59 Å². The van der Waals surface area contributed by atoms with Crippen LogP contribution >= 0.6 is 11.6 Å². The minimum absolute atomic E-state index is 0. The van der Waals surface area contributed by atoms with Gasteiger partial charge < -0.3 is 10.2 Å². The van der Waals surface area contributed by atoms with Crippen LogP contribution in [0.3, 0.4) is 0 Å². The van der Waals surface area contributed by atoms with E-state index in [1.165, 1.54) is 0 Å². The third-order valence-electron chi connectivity index (χ3n) is 1.12. The Kier molecular flexibility index (Phi) is 9.65. The second kappa shape index (κ2) is 7.86. The van der Waals surface area contributed by atoms with Crippen molar-refractivity contribution >= 4 is 53.1 Å². The van der Waals surface area contributed by atoms with E-state index in [9.17, 15) is 9.59 Å². The molecule has 0 aliphatic carbocycles. The molecule has 0 aliphatic heterocycles. The van der Waals surface area contributed by atoms with Gasteiger partial charge >= 0.3 is 41.5 Å². The molecule has 0 aromatic heterocycles. The molecule has 2 N–H and O–H groups in total. The topological polar surface area (TPSA) is 74.6 Å². The molecule has 0 aromatic rings. The van der Waals surface area contributed by atoms with Crippen molar-refractivity contribution in [2.75, 3.05) is 0 Å². The maximum absolute atomic E-state index is 10.1. The van der Waals surface area contributed by atoms with Gasteiger partial charge in [0.25, 0.3) is 0 Å². The molecule has 4 nitrogen and oxygen atoms in total. The van der Waals surface area contributed by atoms with Gasteiger partial charge in [0.2, 0.25) is 0 Å². The summed E-state index contributed by atoms with van der Waals surface area (Å²) in [5.74, 6) is -2.03. The summed E-state index contributed by atoms with van der Waals surface area (Å²) in [4.78, 5) is 20.1. The van der Waals surface area contributed by atoms with Crippen molar-refractivity contribution in [2.24, 2.45) is 0 Å². The van der Waals surface area contributed by atoms with Crippen molar-refractivity contribution in [1.82, 2.24) is 0 Å². The molecule has 0 saturated heterocycles. The van der Waals surface area contributed by atoms with Crippen LogP contribution in [-0.4, -0.2) is 57.1 Å². The van der Waals surface area contributed by atoms with E-state index in [4.69, 9.17) is 21.8 Å². The van der Waals surface area contributed by atoms with E-state index in [2.05, 4.69) is 0 Å². The second-order valence-electron chi connectivity index (χ2n) is 2.09. The van der Waals surface area contributed by atoms with Crippen LogP contribution in [0, 0.1) is 0 Å². The first-order valence-corrected chi connectivity index (χ1v) is 3.56. The van der Waals surface area contributed by atoms with E-state index in [-0.39, 0.29) is 42.4 Å². The van der Waals surface area contributed by atoms with Crippen molar-refractivity contribution in [1.29, 1.82) is 0 Å². The minimum atomic E-state index is -1.10. The van der Waals surface area contributed by atoms with Crippen LogP contribution in [0.2, 0.25) is 0 Å². The molecule has 0 radical (unpaired) electrons. The molecule has 12 heavy (non-hydrogen) atoms. The summed E-state index contributed by atoms with van der Waals surface area (Å²) in [6, 6.07) is 0. The van der Waals surface area contributed by atoms with Gasteiger partial charge in [-0.25, -0.2) is 0 Å². The van der Waals surface area contributed by atoms with E-state index in [1.807, 2.05) is 0 Å². The molecular formula is C6H10ClNaO4. The first-order chi connectivity index (χ1) is 5.04. The zero-order chi connectivity index (χ0) is 8.85. The number of carboxylic acid groups (broad SMARTS) is 2. The van der Waals surface area contributed by atoms with E-state index in [1.54, 1.807) is 0 Å². The van der Waals surface area contributed by atoms with Crippen LogP contribution in [-0.2, 0) is 9.59 Å². The van der Waals surface area contributed by atoms with Gasteiger partial charge in [-0.15, -0.1) is 11.6 Å². The SMILES string of the molecule is O=C(O)CCCC(Cl)C(=O)O.[NaH]. The molecule has 0 spiro atoms. The van der Waals surface area contributed by atoms with Crippen LogP contribution in [0.4, 0.5) is 0 Å². The average molecular weight is 205 g/mol. The van der Waals surface area contributed by atoms with Crippen molar-refractivity contribution in [2.45, 2.75) is 24.6 Å². The van der Waals surface area contributed by atoms with Gasteiger partial charge in [-0.05, 0) is 12.8 Å². The van der Waals surface area contributed by atoms with E-state index < -0.39 is 17.3 Å². The molecule has 0 aliphatic rings. The van der Waals surface area contributed by atoms with Gasteiger partial charge in [0.15, 0.2) is 0 Å². The van der Waals surface area contributed by atoms with Crippen molar-refractivity contribution in [3.05, 3.63) is 0 Å². The Morgan fingerprint density at radius 1 is 1.33 bits per heavy atom. The van der Waals surface area contributed by atoms with Crippen LogP contribution in [0.25, 0.3) is 0 Å². The van der Waals surface area contributed by atoms with Crippen molar-refractivity contribution in [3.63, 3.8) is 0 Å². The van der Waals surface area contributed by atoms with Gasteiger partial charge in [-0.1, -0.05) is 0 Å². The normalized spacial score (nSPS) is 11.4. The molecule has 1 unspecified atom stereocenters. The van der Waals surface area contributed by atoms with E-state index in [0.29, 0.717) is 6.42 Å². The third kappa shape index (κ3) is 8.33. The number of hydrogen-bond acceptors (Lipinski definition) is 2. The first kappa shape index (κ1) is 14.7. The fourth-order valence-corrected chi connectivity index (χ4v) is 0.710. The number of rotatable bonds is 5. The predicted octanol–water partition coefficient (Wildman–Crippen LogP) is 0.285. The molecule has 6 heteroatoms. The Bertz CT molecular complexity index is 162. The van der Waals surface area contributed by atoms with Crippen molar-refractivity contribution < 1.29 is 19.8 Å². The quantitative estimate of drug-likeness (QED) is 0.499. The Morgan fingerprint density at radius 3 is 2.17 bits per heavy atom. The zero-order valence-electron chi connectivity index (χ0n) is 5.79. The molecule has 0 heterocycles. The summed E-state index contributed by atoms with van der Waals surface area (Å²) >= 11 is 5.31. The summed E-state index contributed by atoms with van der Waals surface area (Å²) in [6.45, 7) is 0. The van der Waals surface area contributed by atoms with Crippen LogP contribution in [0.5, 0.6) is 0 Å². The average Bonchev–Trinajstić information content (AvgIpc) is 1.86. The molecule has 66 valence electrons. The third-order valence-corrected chi connectivity index (χ3v) is 1.52. The van der Waals surface area contributed by atoms with Crippen LogP contribution in [0.1, 0.15) is 19.3 Å². The van der Waals surface area contributed by atoms with Crippen LogP contribution in [0.15, 0.2) is 0 Å². The number of aliphatic carboxylic acids is 2. The Labute approximate surface area is 97.2 Å². The second-order valence-corrected chi connectivity index (χ2v) is 2.62. The van der Waals surface area contributed by atoms with E-state index in [0.717, 1.165) is 0 Å². The monoisotopic (exact) mass is 204 g/mol. The number of carboxylic acids is 2. The van der Waals surface area contributed by atoms with E-state index >= 15 is 0 Å².